The Hall–Kier alpha value is -0.690. The van der Waals surface area contributed by atoms with Crippen molar-refractivity contribution in [2.24, 2.45) is 5.41 Å². The average Bonchev–Trinajstić information content (AvgIpc) is 2.24. The molecule has 7 heteroatoms. The molecular formula is C10H20FNO4S. The first-order valence-electron chi connectivity index (χ1n) is 5.45. The lowest BCUT2D eigenvalue weighted by molar-refractivity contribution is -0.154. The third-order valence-electron chi connectivity index (χ3n) is 2.50. The molecule has 17 heavy (non-hydrogen) atoms. The number of hydrogen-bond donors (Lipinski definition) is 1. The molecule has 0 bridgehead atoms. The molecule has 0 aliphatic carbocycles. The molecule has 0 aliphatic heterocycles. The van der Waals surface area contributed by atoms with Crippen LogP contribution in [0.1, 0.15) is 33.6 Å². The van der Waals surface area contributed by atoms with E-state index in [0.717, 1.165) is 0 Å². The quantitative estimate of drug-likeness (QED) is 0.408. The summed E-state index contributed by atoms with van der Waals surface area (Å²) in [6.45, 7) is 4.30. The molecule has 0 heterocycles. The Morgan fingerprint density at radius 3 is 2.47 bits per heavy atom. The maximum atomic E-state index is 11.8. The number of nitrogens with one attached hydrogen (secondary N) is 1. The van der Waals surface area contributed by atoms with Gasteiger partial charge in [-0.1, -0.05) is 6.92 Å². The van der Waals surface area contributed by atoms with Crippen molar-refractivity contribution in [3.63, 3.8) is 0 Å². The van der Waals surface area contributed by atoms with Crippen LogP contribution in [-0.2, 0) is 19.6 Å². The molecule has 0 spiro atoms. The molecule has 1 N–H and O–H groups in total. The molecule has 0 aromatic carbocycles. The first kappa shape index (κ1) is 16.3. The molecular weight excluding hydrogens is 249 g/mol. The van der Waals surface area contributed by atoms with Crippen molar-refractivity contribution in [2.45, 2.75) is 33.6 Å². The Bertz CT molecular complexity index is 340. The molecule has 0 radical (unpaired) electrons. The molecule has 0 atom stereocenters. The molecule has 0 rings (SSSR count). The topological polar surface area (TPSA) is 72.5 Å². The first-order valence-corrected chi connectivity index (χ1v) is 7.11. The summed E-state index contributed by atoms with van der Waals surface area (Å²) in [4.78, 5) is 11.5. The number of alkyl halides is 1. The molecule has 102 valence electrons. The number of carbonyl (C=O) groups is 1. The van der Waals surface area contributed by atoms with E-state index < -0.39 is 22.2 Å². The zero-order chi connectivity index (χ0) is 13.5. The van der Waals surface area contributed by atoms with Crippen molar-refractivity contribution < 1.29 is 22.3 Å². The maximum Gasteiger partial charge on any atom is 0.311 e. The van der Waals surface area contributed by atoms with Gasteiger partial charge in [-0.25, -0.2) is 12.8 Å². The van der Waals surface area contributed by atoms with E-state index in [-0.39, 0.29) is 24.7 Å². The maximum absolute atomic E-state index is 11.8. The van der Waals surface area contributed by atoms with Crippen LogP contribution in [0.2, 0.25) is 0 Å². The summed E-state index contributed by atoms with van der Waals surface area (Å²) in [5.41, 5.74) is -0.559. The Morgan fingerprint density at radius 1 is 1.41 bits per heavy atom. The number of rotatable bonds is 8. The van der Waals surface area contributed by atoms with E-state index in [1.54, 1.807) is 18.6 Å². The molecule has 0 unspecified atom stereocenters. The standard InChI is InChI=1S/C10H20FNO4S/c1-4-10(2,3)9(13)16-6-5-7-17(14,15)12-8-11/h12H,4-8H2,1-3H3. The van der Waals surface area contributed by atoms with Gasteiger partial charge in [-0.2, -0.15) is 4.72 Å². The second-order valence-electron chi connectivity index (χ2n) is 4.32. The van der Waals surface area contributed by atoms with E-state index in [2.05, 4.69) is 0 Å². The van der Waals surface area contributed by atoms with Crippen LogP contribution >= 0.6 is 0 Å². The lowest BCUT2D eigenvalue weighted by atomic mass is 9.91. The van der Waals surface area contributed by atoms with Crippen molar-refractivity contribution in [1.82, 2.24) is 4.72 Å². The van der Waals surface area contributed by atoms with Crippen molar-refractivity contribution in [2.75, 3.05) is 19.2 Å². The van der Waals surface area contributed by atoms with Gasteiger partial charge >= 0.3 is 5.97 Å². The van der Waals surface area contributed by atoms with Crippen LogP contribution in [0.5, 0.6) is 0 Å². The van der Waals surface area contributed by atoms with Crippen LogP contribution in [0.15, 0.2) is 0 Å². The summed E-state index contributed by atoms with van der Waals surface area (Å²) >= 11 is 0. The monoisotopic (exact) mass is 269 g/mol. The Labute approximate surface area is 102 Å². The molecule has 0 saturated heterocycles. The first-order chi connectivity index (χ1) is 7.75. The van der Waals surface area contributed by atoms with Crippen LogP contribution in [0, 0.1) is 5.41 Å². The van der Waals surface area contributed by atoms with Gasteiger partial charge in [0.15, 0.2) is 6.80 Å². The second kappa shape index (κ2) is 6.90. The summed E-state index contributed by atoms with van der Waals surface area (Å²) in [6, 6.07) is 0. The van der Waals surface area contributed by atoms with E-state index in [1.807, 2.05) is 6.92 Å². The highest BCUT2D eigenvalue weighted by Gasteiger charge is 2.26. The van der Waals surface area contributed by atoms with Gasteiger partial charge in [-0.3, -0.25) is 4.79 Å². The number of esters is 1. The SMILES string of the molecule is CCC(C)(C)C(=O)OCCCS(=O)(=O)NCF. The van der Waals surface area contributed by atoms with E-state index >= 15 is 0 Å². The van der Waals surface area contributed by atoms with Gasteiger partial charge in [0.2, 0.25) is 10.0 Å². The highest BCUT2D eigenvalue weighted by Crippen LogP contribution is 2.21. The van der Waals surface area contributed by atoms with E-state index in [1.165, 1.54) is 0 Å². The third kappa shape index (κ3) is 6.58. The highest BCUT2D eigenvalue weighted by molar-refractivity contribution is 7.89. The highest BCUT2D eigenvalue weighted by atomic mass is 32.2. The molecule has 0 aromatic rings. The van der Waals surface area contributed by atoms with Crippen molar-refractivity contribution in [1.29, 1.82) is 0 Å². The van der Waals surface area contributed by atoms with Gasteiger partial charge in [0.1, 0.15) is 0 Å². The fraction of sp³-hybridized carbons (Fsp3) is 0.900. The summed E-state index contributed by atoms with van der Waals surface area (Å²) in [7, 11) is -3.59. The van der Waals surface area contributed by atoms with Gasteiger partial charge in [0, 0.05) is 0 Å². The smallest absolute Gasteiger partial charge is 0.311 e. The van der Waals surface area contributed by atoms with Crippen molar-refractivity contribution in [3.8, 4) is 0 Å². The second-order valence-corrected chi connectivity index (χ2v) is 6.25. The molecule has 0 fully saturated rings. The van der Waals surface area contributed by atoms with Crippen LogP contribution in [0.3, 0.4) is 0 Å². The zero-order valence-electron chi connectivity index (χ0n) is 10.5. The number of halogens is 1. The van der Waals surface area contributed by atoms with Gasteiger partial charge < -0.3 is 4.74 Å². The summed E-state index contributed by atoms with van der Waals surface area (Å²) in [5.74, 6) is -0.604. The number of carbonyl (C=O) groups excluding carboxylic acids is 1. The summed E-state index contributed by atoms with van der Waals surface area (Å²) < 4.78 is 40.5. The third-order valence-corrected chi connectivity index (χ3v) is 3.88. The Morgan fingerprint density at radius 2 is 2.00 bits per heavy atom. The number of hydrogen-bond acceptors (Lipinski definition) is 4. The minimum absolute atomic E-state index is 0.0233. The summed E-state index contributed by atoms with van der Waals surface area (Å²) in [6.07, 6.45) is 0.800. The van der Waals surface area contributed by atoms with Crippen LogP contribution in [-0.4, -0.2) is 33.5 Å². The van der Waals surface area contributed by atoms with Gasteiger partial charge in [-0.15, -0.1) is 0 Å². The van der Waals surface area contributed by atoms with Gasteiger partial charge in [0.05, 0.1) is 17.8 Å². The minimum Gasteiger partial charge on any atom is -0.465 e. The fourth-order valence-corrected chi connectivity index (χ4v) is 1.72. The number of ether oxygens (including phenoxy) is 1. The molecule has 0 aromatic heterocycles. The molecule has 0 saturated carbocycles. The van der Waals surface area contributed by atoms with Crippen LogP contribution in [0.25, 0.3) is 0 Å². The average molecular weight is 269 g/mol. The van der Waals surface area contributed by atoms with Crippen LogP contribution < -0.4 is 4.72 Å². The Kier molecular flexibility index (Phi) is 6.62. The zero-order valence-corrected chi connectivity index (χ0v) is 11.3. The van der Waals surface area contributed by atoms with Crippen molar-refractivity contribution >= 4 is 16.0 Å². The lowest BCUT2D eigenvalue weighted by Crippen LogP contribution is -2.28. The Balaban J connectivity index is 3.91. The predicted molar refractivity (Wildman–Crippen MR) is 62.5 cm³/mol. The normalized spacial score (nSPS) is 12.5. The summed E-state index contributed by atoms with van der Waals surface area (Å²) in [5, 5.41) is 0. The van der Waals surface area contributed by atoms with Gasteiger partial charge in [-0.05, 0) is 26.7 Å². The predicted octanol–water partition coefficient (Wildman–Crippen LogP) is 1.20. The molecule has 0 amide bonds. The number of sulfonamides is 1. The fourth-order valence-electron chi connectivity index (χ4n) is 0.909. The molecule has 0 aliphatic rings. The molecule has 5 nitrogen and oxygen atoms in total. The van der Waals surface area contributed by atoms with Crippen molar-refractivity contribution in [3.05, 3.63) is 0 Å². The van der Waals surface area contributed by atoms with E-state index in [0.29, 0.717) is 6.42 Å². The van der Waals surface area contributed by atoms with Gasteiger partial charge in [0.25, 0.3) is 0 Å². The van der Waals surface area contributed by atoms with E-state index in [9.17, 15) is 17.6 Å². The van der Waals surface area contributed by atoms with Crippen LogP contribution in [0.4, 0.5) is 4.39 Å². The largest absolute Gasteiger partial charge is 0.465 e. The van der Waals surface area contributed by atoms with E-state index in [4.69, 9.17) is 4.74 Å². The minimum atomic E-state index is -3.59. The lowest BCUT2D eigenvalue weighted by Gasteiger charge is -2.20.